The van der Waals surface area contributed by atoms with Crippen molar-refractivity contribution < 1.29 is 9.53 Å². The molecule has 0 saturated heterocycles. The molecule has 0 spiro atoms. The minimum Gasteiger partial charge on any atom is -0.458 e. The number of ether oxygens (including phenoxy) is 1. The van der Waals surface area contributed by atoms with Crippen molar-refractivity contribution in [3.05, 3.63) is 0 Å². The summed E-state index contributed by atoms with van der Waals surface area (Å²) in [6, 6.07) is 0. The first-order valence-corrected chi connectivity index (χ1v) is 7.06. The molecule has 0 aromatic rings. The summed E-state index contributed by atoms with van der Waals surface area (Å²) in [7, 11) is 0. The molecule has 0 aliphatic carbocycles. The Morgan fingerprint density at radius 3 is 2.12 bits per heavy atom. The quantitative estimate of drug-likeness (QED) is 0.472. The predicted molar refractivity (Wildman–Crippen MR) is 71.8 cm³/mol. The minimum atomic E-state index is -0.430. The maximum Gasteiger partial charge on any atom is 0.306 e. The Hall–Kier alpha value is -0.570. The topological polar surface area (TPSA) is 52.3 Å². The third-order valence-corrected chi connectivity index (χ3v) is 3.48. The van der Waals surface area contributed by atoms with Crippen LogP contribution < -0.4 is 5.73 Å². The summed E-state index contributed by atoms with van der Waals surface area (Å²) in [5, 5.41) is 0. The number of hydrogen-bond acceptors (Lipinski definition) is 3. The van der Waals surface area contributed by atoms with Crippen LogP contribution in [0.25, 0.3) is 0 Å². The third-order valence-electron chi connectivity index (χ3n) is 3.48. The molecule has 0 aromatic heterocycles. The molecular formula is C14H29NO2. The minimum absolute atomic E-state index is 0.0874. The van der Waals surface area contributed by atoms with Gasteiger partial charge in [0, 0.05) is 13.0 Å². The summed E-state index contributed by atoms with van der Waals surface area (Å²) in [5.74, 6) is -0.0874. The van der Waals surface area contributed by atoms with Crippen LogP contribution >= 0.6 is 0 Å². The van der Waals surface area contributed by atoms with Gasteiger partial charge in [0.1, 0.15) is 5.60 Å². The van der Waals surface area contributed by atoms with Crippen LogP contribution in [-0.4, -0.2) is 18.1 Å². The van der Waals surface area contributed by atoms with Gasteiger partial charge in [-0.1, -0.05) is 46.5 Å². The Labute approximate surface area is 106 Å². The lowest BCUT2D eigenvalue weighted by Gasteiger charge is -2.30. The van der Waals surface area contributed by atoms with Crippen LogP contribution in [0.4, 0.5) is 0 Å². The highest BCUT2D eigenvalue weighted by Crippen LogP contribution is 2.20. The molecule has 17 heavy (non-hydrogen) atoms. The van der Waals surface area contributed by atoms with E-state index in [4.69, 9.17) is 10.5 Å². The van der Waals surface area contributed by atoms with Crippen molar-refractivity contribution >= 4 is 5.97 Å². The molecule has 3 heteroatoms. The lowest BCUT2D eigenvalue weighted by atomic mass is 9.97. The monoisotopic (exact) mass is 243 g/mol. The van der Waals surface area contributed by atoms with Gasteiger partial charge in [-0.25, -0.2) is 0 Å². The fourth-order valence-electron chi connectivity index (χ4n) is 1.89. The van der Waals surface area contributed by atoms with E-state index in [2.05, 4.69) is 6.92 Å². The van der Waals surface area contributed by atoms with Crippen molar-refractivity contribution in [3.8, 4) is 0 Å². The Kier molecular flexibility index (Phi) is 9.14. The summed E-state index contributed by atoms with van der Waals surface area (Å²) < 4.78 is 5.53. The van der Waals surface area contributed by atoms with Crippen molar-refractivity contribution in [2.24, 2.45) is 5.73 Å². The summed E-state index contributed by atoms with van der Waals surface area (Å²) >= 11 is 0. The van der Waals surface area contributed by atoms with E-state index in [1.54, 1.807) is 0 Å². The zero-order valence-corrected chi connectivity index (χ0v) is 11.8. The van der Waals surface area contributed by atoms with Crippen LogP contribution in [0.5, 0.6) is 0 Å². The molecule has 0 unspecified atom stereocenters. The van der Waals surface area contributed by atoms with Gasteiger partial charge < -0.3 is 10.5 Å². The number of esters is 1. The summed E-state index contributed by atoms with van der Waals surface area (Å²) in [6.45, 7) is 6.64. The fraction of sp³-hybridized carbons (Fsp3) is 0.929. The molecule has 0 aliphatic heterocycles. The summed E-state index contributed by atoms with van der Waals surface area (Å²) in [5.41, 5.74) is 5.26. The Balaban J connectivity index is 3.83. The molecule has 0 heterocycles. The zero-order valence-electron chi connectivity index (χ0n) is 11.8. The van der Waals surface area contributed by atoms with E-state index >= 15 is 0 Å². The van der Waals surface area contributed by atoms with E-state index in [9.17, 15) is 4.79 Å². The molecule has 0 radical (unpaired) electrons. The summed E-state index contributed by atoms with van der Waals surface area (Å²) in [4.78, 5) is 11.7. The van der Waals surface area contributed by atoms with E-state index in [0.29, 0.717) is 13.0 Å². The highest BCUT2D eigenvalue weighted by atomic mass is 16.6. The van der Waals surface area contributed by atoms with Gasteiger partial charge in [-0.2, -0.15) is 0 Å². The van der Waals surface area contributed by atoms with Gasteiger partial charge in [-0.15, -0.1) is 0 Å². The van der Waals surface area contributed by atoms with Crippen molar-refractivity contribution in [2.75, 3.05) is 6.54 Å². The number of unbranched alkanes of at least 4 members (excludes halogenated alkanes) is 4. The summed E-state index contributed by atoms with van der Waals surface area (Å²) in [6.07, 6.45) is 7.88. The molecule has 0 amide bonds. The van der Waals surface area contributed by atoms with Crippen LogP contribution in [0.1, 0.15) is 72.1 Å². The van der Waals surface area contributed by atoms with Crippen molar-refractivity contribution in [1.82, 2.24) is 0 Å². The first-order chi connectivity index (χ1) is 8.14. The number of carbonyl (C=O) groups excluding carboxylic acids is 1. The van der Waals surface area contributed by atoms with Gasteiger partial charge in [0.05, 0.1) is 0 Å². The maximum atomic E-state index is 11.7. The molecule has 0 bridgehead atoms. The first-order valence-electron chi connectivity index (χ1n) is 7.06. The normalized spacial score (nSPS) is 11.5. The highest BCUT2D eigenvalue weighted by Gasteiger charge is 2.28. The number of nitrogens with two attached hydrogens (primary N) is 1. The number of carbonyl (C=O) groups is 1. The van der Waals surface area contributed by atoms with E-state index in [0.717, 1.165) is 25.7 Å². The van der Waals surface area contributed by atoms with Gasteiger partial charge in [0.15, 0.2) is 0 Å². The second-order valence-corrected chi connectivity index (χ2v) is 4.73. The largest absolute Gasteiger partial charge is 0.458 e. The van der Waals surface area contributed by atoms with Gasteiger partial charge in [0.25, 0.3) is 0 Å². The van der Waals surface area contributed by atoms with Crippen LogP contribution in [0.2, 0.25) is 0 Å². The average Bonchev–Trinajstić information content (AvgIpc) is 2.36. The average molecular weight is 243 g/mol. The van der Waals surface area contributed by atoms with E-state index < -0.39 is 5.60 Å². The van der Waals surface area contributed by atoms with Crippen LogP contribution in [0, 0.1) is 0 Å². The van der Waals surface area contributed by atoms with Gasteiger partial charge in [0.2, 0.25) is 0 Å². The predicted octanol–water partition coefficient (Wildman–Crippen LogP) is 3.41. The number of rotatable bonds is 10. The Bertz CT molecular complexity index is 192. The van der Waals surface area contributed by atoms with Crippen LogP contribution in [0.15, 0.2) is 0 Å². The SMILES string of the molecule is CCCCCCCC(=O)OC(CC)(CC)CN. The first kappa shape index (κ1) is 16.4. The van der Waals surface area contributed by atoms with Gasteiger partial charge in [-0.05, 0) is 19.3 Å². The molecule has 2 N–H and O–H groups in total. The van der Waals surface area contributed by atoms with Crippen molar-refractivity contribution in [1.29, 1.82) is 0 Å². The van der Waals surface area contributed by atoms with Crippen LogP contribution in [0.3, 0.4) is 0 Å². The van der Waals surface area contributed by atoms with E-state index in [1.165, 1.54) is 19.3 Å². The van der Waals surface area contributed by atoms with E-state index in [1.807, 2.05) is 13.8 Å². The lowest BCUT2D eigenvalue weighted by Crippen LogP contribution is -2.41. The van der Waals surface area contributed by atoms with E-state index in [-0.39, 0.29) is 5.97 Å². The molecule has 0 fully saturated rings. The molecule has 0 rings (SSSR count). The second-order valence-electron chi connectivity index (χ2n) is 4.73. The molecule has 0 aliphatic rings. The lowest BCUT2D eigenvalue weighted by molar-refractivity contribution is -0.159. The Morgan fingerprint density at radius 1 is 1.06 bits per heavy atom. The third kappa shape index (κ3) is 6.67. The van der Waals surface area contributed by atoms with Crippen molar-refractivity contribution in [2.45, 2.75) is 77.7 Å². The molecule has 0 aromatic carbocycles. The van der Waals surface area contributed by atoms with Gasteiger partial charge in [-0.3, -0.25) is 4.79 Å². The molecule has 0 atom stereocenters. The highest BCUT2D eigenvalue weighted by molar-refractivity contribution is 5.69. The molecule has 102 valence electrons. The smallest absolute Gasteiger partial charge is 0.306 e. The zero-order chi connectivity index (χ0) is 13.1. The number of hydrogen-bond donors (Lipinski definition) is 1. The second kappa shape index (κ2) is 9.46. The standard InChI is InChI=1S/C14H29NO2/c1-4-7-8-9-10-11-13(16)17-14(5-2,6-3)12-15/h4-12,15H2,1-3H3. The fourth-order valence-corrected chi connectivity index (χ4v) is 1.89. The molecule has 3 nitrogen and oxygen atoms in total. The Morgan fingerprint density at radius 2 is 1.65 bits per heavy atom. The molecule has 0 saturated carbocycles. The molecular weight excluding hydrogens is 214 g/mol. The maximum absolute atomic E-state index is 11.7. The van der Waals surface area contributed by atoms with Crippen molar-refractivity contribution in [3.63, 3.8) is 0 Å². The van der Waals surface area contributed by atoms with Crippen LogP contribution in [-0.2, 0) is 9.53 Å². The van der Waals surface area contributed by atoms with Gasteiger partial charge >= 0.3 is 5.97 Å².